The number of aliphatic hydroxyl groups is 1. The molecule has 2 fully saturated rings. The molecular weight excluding hydrogens is 200 g/mol. The number of methoxy groups -OCH3 is 1. The molecule has 86 valence electrons. The first-order valence-electron chi connectivity index (χ1n) is 6.09. The zero-order valence-electron chi connectivity index (χ0n) is 9.65. The van der Waals surface area contributed by atoms with Gasteiger partial charge in [-0.3, -0.25) is 0 Å². The molecule has 3 atom stereocenters. The van der Waals surface area contributed by atoms with Crippen molar-refractivity contribution in [1.82, 2.24) is 0 Å². The van der Waals surface area contributed by atoms with E-state index in [1.54, 1.807) is 7.11 Å². The SMILES string of the molecule is COc1ccc(C2(O)CC3CCC2C3)cc1. The van der Waals surface area contributed by atoms with Gasteiger partial charge in [-0.2, -0.15) is 0 Å². The van der Waals surface area contributed by atoms with Crippen LogP contribution in [0.2, 0.25) is 0 Å². The molecule has 3 rings (SSSR count). The fourth-order valence-corrected chi connectivity index (χ4v) is 3.53. The fraction of sp³-hybridized carbons (Fsp3) is 0.571. The highest BCUT2D eigenvalue weighted by atomic mass is 16.5. The average molecular weight is 218 g/mol. The smallest absolute Gasteiger partial charge is 0.118 e. The predicted octanol–water partition coefficient (Wildman–Crippen LogP) is 2.70. The van der Waals surface area contributed by atoms with Crippen molar-refractivity contribution in [3.63, 3.8) is 0 Å². The Morgan fingerprint density at radius 1 is 1.25 bits per heavy atom. The van der Waals surface area contributed by atoms with Gasteiger partial charge in [0.15, 0.2) is 0 Å². The van der Waals surface area contributed by atoms with E-state index in [0.29, 0.717) is 5.92 Å². The number of hydrogen-bond donors (Lipinski definition) is 1. The van der Waals surface area contributed by atoms with E-state index >= 15 is 0 Å². The highest BCUT2D eigenvalue weighted by Gasteiger charge is 2.50. The van der Waals surface area contributed by atoms with Crippen LogP contribution in [0.5, 0.6) is 5.75 Å². The van der Waals surface area contributed by atoms with Crippen LogP contribution in [0.25, 0.3) is 0 Å². The molecule has 0 saturated heterocycles. The molecule has 1 N–H and O–H groups in total. The van der Waals surface area contributed by atoms with Gasteiger partial charge in [0.2, 0.25) is 0 Å². The Labute approximate surface area is 96.2 Å². The van der Waals surface area contributed by atoms with Gasteiger partial charge in [0.1, 0.15) is 5.75 Å². The number of hydrogen-bond acceptors (Lipinski definition) is 2. The Morgan fingerprint density at radius 3 is 2.50 bits per heavy atom. The Hall–Kier alpha value is -1.02. The van der Waals surface area contributed by atoms with Gasteiger partial charge in [-0.05, 0) is 55.2 Å². The molecule has 0 heterocycles. The lowest BCUT2D eigenvalue weighted by molar-refractivity contribution is -0.0182. The topological polar surface area (TPSA) is 29.5 Å². The van der Waals surface area contributed by atoms with Gasteiger partial charge in [-0.25, -0.2) is 0 Å². The molecule has 2 aliphatic rings. The van der Waals surface area contributed by atoms with E-state index in [2.05, 4.69) is 0 Å². The molecule has 0 spiro atoms. The Balaban J connectivity index is 1.91. The highest BCUT2D eigenvalue weighted by Crippen LogP contribution is 2.55. The highest BCUT2D eigenvalue weighted by molar-refractivity contribution is 5.32. The second-order valence-electron chi connectivity index (χ2n) is 5.23. The van der Waals surface area contributed by atoms with Crippen LogP contribution in [0.1, 0.15) is 31.2 Å². The van der Waals surface area contributed by atoms with Crippen LogP contribution in [0, 0.1) is 11.8 Å². The second kappa shape index (κ2) is 3.49. The van der Waals surface area contributed by atoms with E-state index in [-0.39, 0.29) is 0 Å². The van der Waals surface area contributed by atoms with Crippen molar-refractivity contribution in [3.05, 3.63) is 29.8 Å². The number of benzene rings is 1. The summed E-state index contributed by atoms with van der Waals surface area (Å²) in [4.78, 5) is 0. The molecule has 16 heavy (non-hydrogen) atoms. The molecule has 2 heteroatoms. The van der Waals surface area contributed by atoms with Crippen LogP contribution < -0.4 is 4.74 Å². The van der Waals surface area contributed by atoms with Crippen LogP contribution >= 0.6 is 0 Å². The minimum atomic E-state index is -0.560. The summed E-state index contributed by atoms with van der Waals surface area (Å²) in [5, 5.41) is 10.8. The quantitative estimate of drug-likeness (QED) is 0.827. The molecular formula is C14H18O2. The second-order valence-corrected chi connectivity index (χ2v) is 5.23. The van der Waals surface area contributed by atoms with Crippen molar-refractivity contribution in [3.8, 4) is 5.75 Å². The van der Waals surface area contributed by atoms with Crippen molar-refractivity contribution in [2.24, 2.45) is 11.8 Å². The minimum absolute atomic E-state index is 0.478. The van der Waals surface area contributed by atoms with E-state index in [9.17, 15) is 5.11 Å². The summed E-state index contributed by atoms with van der Waals surface area (Å²) >= 11 is 0. The van der Waals surface area contributed by atoms with Gasteiger partial charge < -0.3 is 9.84 Å². The number of ether oxygens (including phenoxy) is 1. The zero-order chi connectivity index (χ0) is 11.2. The minimum Gasteiger partial charge on any atom is -0.497 e. The van der Waals surface area contributed by atoms with Crippen molar-refractivity contribution >= 4 is 0 Å². The molecule has 0 aromatic heterocycles. The summed E-state index contributed by atoms with van der Waals surface area (Å²) in [5.74, 6) is 2.08. The van der Waals surface area contributed by atoms with E-state index in [1.807, 2.05) is 24.3 Å². The summed E-state index contributed by atoms with van der Waals surface area (Å²) < 4.78 is 5.15. The van der Waals surface area contributed by atoms with E-state index < -0.39 is 5.60 Å². The molecule has 1 aromatic carbocycles. The van der Waals surface area contributed by atoms with Gasteiger partial charge in [0, 0.05) is 0 Å². The van der Waals surface area contributed by atoms with E-state index in [1.165, 1.54) is 19.3 Å². The summed E-state index contributed by atoms with van der Waals surface area (Å²) in [7, 11) is 1.67. The van der Waals surface area contributed by atoms with E-state index in [0.717, 1.165) is 23.7 Å². The first-order chi connectivity index (χ1) is 7.72. The normalized spacial score (nSPS) is 36.6. The maximum atomic E-state index is 10.8. The lowest BCUT2D eigenvalue weighted by Gasteiger charge is -2.33. The molecule has 2 saturated carbocycles. The molecule has 0 radical (unpaired) electrons. The summed E-state index contributed by atoms with van der Waals surface area (Å²) in [6, 6.07) is 7.91. The monoisotopic (exact) mass is 218 g/mol. The molecule has 2 aliphatic carbocycles. The maximum absolute atomic E-state index is 10.8. The average Bonchev–Trinajstić information content (AvgIpc) is 2.89. The Kier molecular flexibility index (Phi) is 2.21. The first-order valence-corrected chi connectivity index (χ1v) is 6.09. The van der Waals surface area contributed by atoms with Crippen molar-refractivity contribution < 1.29 is 9.84 Å². The van der Waals surface area contributed by atoms with E-state index in [4.69, 9.17) is 4.74 Å². The van der Waals surface area contributed by atoms with Gasteiger partial charge in [0.25, 0.3) is 0 Å². The van der Waals surface area contributed by atoms with Gasteiger partial charge in [-0.1, -0.05) is 12.1 Å². The van der Waals surface area contributed by atoms with Gasteiger partial charge >= 0.3 is 0 Å². The third kappa shape index (κ3) is 1.36. The number of rotatable bonds is 2. The molecule has 0 aliphatic heterocycles. The third-order valence-corrected chi connectivity index (χ3v) is 4.41. The molecule has 1 aromatic rings. The van der Waals surface area contributed by atoms with Gasteiger partial charge in [-0.15, -0.1) is 0 Å². The van der Waals surface area contributed by atoms with Crippen LogP contribution in [-0.2, 0) is 5.60 Å². The van der Waals surface area contributed by atoms with Crippen molar-refractivity contribution in [2.45, 2.75) is 31.3 Å². The van der Waals surface area contributed by atoms with Crippen LogP contribution in [0.15, 0.2) is 24.3 Å². The molecule has 0 amide bonds. The third-order valence-electron chi connectivity index (χ3n) is 4.41. The fourth-order valence-electron chi connectivity index (χ4n) is 3.53. The maximum Gasteiger partial charge on any atom is 0.118 e. The lowest BCUT2D eigenvalue weighted by Crippen LogP contribution is -2.32. The van der Waals surface area contributed by atoms with Crippen LogP contribution in [0.3, 0.4) is 0 Å². The predicted molar refractivity (Wildman–Crippen MR) is 62.3 cm³/mol. The van der Waals surface area contributed by atoms with Crippen molar-refractivity contribution in [1.29, 1.82) is 0 Å². The molecule has 3 unspecified atom stereocenters. The van der Waals surface area contributed by atoms with Gasteiger partial charge in [0.05, 0.1) is 12.7 Å². The summed E-state index contributed by atoms with van der Waals surface area (Å²) in [6.45, 7) is 0. The molecule has 2 nitrogen and oxygen atoms in total. The Morgan fingerprint density at radius 2 is 2.00 bits per heavy atom. The zero-order valence-corrected chi connectivity index (χ0v) is 9.65. The number of fused-ring (bicyclic) bond motifs is 2. The summed E-state index contributed by atoms with van der Waals surface area (Å²) in [5.41, 5.74) is 0.510. The van der Waals surface area contributed by atoms with Crippen LogP contribution in [-0.4, -0.2) is 12.2 Å². The van der Waals surface area contributed by atoms with Crippen LogP contribution in [0.4, 0.5) is 0 Å². The lowest BCUT2D eigenvalue weighted by atomic mass is 9.79. The first kappa shape index (κ1) is 10.2. The standard InChI is InChI=1S/C14H18O2/c1-16-13-6-4-11(5-7-13)14(15)9-10-2-3-12(14)8-10/h4-7,10,12,15H,2-3,8-9H2,1H3. The van der Waals surface area contributed by atoms with Crippen molar-refractivity contribution in [2.75, 3.05) is 7.11 Å². The molecule has 2 bridgehead atoms. The summed E-state index contributed by atoms with van der Waals surface area (Å²) in [6.07, 6.45) is 4.66. The Bertz CT molecular complexity index is 384. The largest absolute Gasteiger partial charge is 0.497 e.